The minimum atomic E-state index is -2.96. The van der Waals surface area contributed by atoms with Crippen LogP contribution in [-0.4, -0.2) is 25.5 Å². The van der Waals surface area contributed by atoms with E-state index in [0.29, 0.717) is 5.75 Å². The summed E-state index contributed by atoms with van der Waals surface area (Å²) in [7, 11) is -2.96. The Morgan fingerprint density at radius 1 is 1.22 bits per heavy atom. The summed E-state index contributed by atoms with van der Waals surface area (Å²) >= 11 is 0. The van der Waals surface area contributed by atoms with Gasteiger partial charge in [-0.3, -0.25) is 0 Å². The summed E-state index contributed by atoms with van der Waals surface area (Å²) in [5, 5.41) is 3.27. The van der Waals surface area contributed by atoms with Crippen molar-refractivity contribution in [3.05, 3.63) is 35.4 Å². The Bertz CT molecular complexity index is 553. The molecule has 18 heavy (non-hydrogen) atoms. The summed E-state index contributed by atoms with van der Waals surface area (Å²) in [5.74, 6) is 0.324. The molecule has 1 fully saturated rings. The lowest BCUT2D eigenvalue weighted by Gasteiger charge is -2.33. The molecule has 4 heteroatoms. The Hall–Kier alpha value is -0.870. The minimum absolute atomic E-state index is 0.0163. The van der Waals surface area contributed by atoms with Gasteiger partial charge in [0.1, 0.15) is 0 Å². The van der Waals surface area contributed by atoms with Gasteiger partial charge in [0.15, 0.2) is 9.84 Å². The van der Waals surface area contributed by atoms with Crippen molar-refractivity contribution in [2.75, 3.05) is 5.75 Å². The molecule has 3 nitrogen and oxygen atoms in total. The summed E-state index contributed by atoms with van der Waals surface area (Å²) in [6.07, 6.45) is 2.36. The van der Waals surface area contributed by atoms with Crippen LogP contribution in [0.15, 0.2) is 24.3 Å². The number of nitrogens with one attached hydrogen (secondary N) is 1. The van der Waals surface area contributed by atoms with Crippen molar-refractivity contribution in [1.82, 2.24) is 5.32 Å². The SMILES string of the molecule is CC1CCS(=O)(=O)C2CCc3ccccc3C2N1. The van der Waals surface area contributed by atoms with Crippen molar-refractivity contribution in [1.29, 1.82) is 0 Å². The Morgan fingerprint density at radius 3 is 2.83 bits per heavy atom. The second kappa shape index (κ2) is 4.35. The van der Waals surface area contributed by atoms with Crippen molar-refractivity contribution in [3.63, 3.8) is 0 Å². The molecule has 1 saturated heterocycles. The molecule has 0 bridgehead atoms. The van der Waals surface area contributed by atoms with Gasteiger partial charge in [0.2, 0.25) is 0 Å². The molecule has 1 aromatic carbocycles. The van der Waals surface area contributed by atoms with E-state index in [4.69, 9.17) is 0 Å². The highest BCUT2D eigenvalue weighted by atomic mass is 32.2. The molecule has 1 heterocycles. The molecule has 0 radical (unpaired) electrons. The second-order valence-corrected chi connectivity index (χ2v) is 7.82. The van der Waals surface area contributed by atoms with Crippen molar-refractivity contribution in [2.45, 2.75) is 43.5 Å². The van der Waals surface area contributed by atoms with Crippen LogP contribution < -0.4 is 5.32 Å². The zero-order chi connectivity index (χ0) is 12.8. The average Bonchev–Trinajstić information content (AvgIpc) is 2.47. The molecule has 0 saturated carbocycles. The smallest absolute Gasteiger partial charge is 0.155 e. The summed E-state index contributed by atoms with van der Waals surface area (Å²) in [4.78, 5) is 0. The van der Waals surface area contributed by atoms with E-state index in [0.717, 1.165) is 19.3 Å². The van der Waals surface area contributed by atoms with Gasteiger partial charge in [0, 0.05) is 12.1 Å². The largest absolute Gasteiger partial charge is 0.306 e. The van der Waals surface area contributed by atoms with E-state index in [-0.39, 0.29) is 17.3 Å². The predicted octanol–water partition coefficient (Wildman–Crippen LogP) is 1.84. The Kier molecular flexibility index (Phi) is 2.94. The molecular weight excluding hydrogens is 246 g/mol. The minimum Gasteiger partial charge on any atom is -0.306 e. The lowest BCUT2D eigenvalue weighted by Crippen LogP contribution is -2.40. The van der Waals surface area contributed by atoms with Gasteiger partial charge >= 0.3 is 0 Å². The monoisotopic (exact) mass is 265 g/mol. The number of hydrogen-bond donors (Lipinski definition) is 1. The first kappa shape index (κ1) is 12.2. The Balaban J connectivity index is 2.08. The molecule has 1 N–H and O–H groups in total. The van der Waals surface area contributed by atoms with Crippen molar-refractivity contribution < 1.29 is 8.42 Å². The predicted molar refractivity (Wildman–Crippen MR) is 72.3 cm³/mol. The van der Waals surface area contributed by atoms with Crippen LogP contribution in [0.1, 0.15) is 36.9 Å². The molecule has 98 valence electrons. The normalized spacial score (nSPS) is 34.2. The summed E-state index contributed by atoms with van der Waals surface area (Å²) in [6.45, 7) is 2.08. The average molecular weight is 265 g/mol. The number of benzene rings is 1. The second-order valence-electron chi connectivity index (χ2n) is 5.48. The number of sulfone groups is 1. The van der Waals surface area contributed by atoms with Crippen LogP contribution in [0.5, 0.6) is 0 Å². The van der Waals surface area contributed by atoms with Gasteiger partial charge in [0.05, 0.1) is 11.0 Å². The lowest BCUT2D eigenvalue weighted by atomic mass is 9.87. The van der Waals surface area contributed by atoms with Crippen LogP contribution in [0.25, 0.3) is 0 Å². The first-order chi connectivity index (χ1) is 8.58. The maximum atomic E-state index is 12.4. The first-order valence-corrected chi connectivity index (χ1v) is 8.35. The number of rotatable bonds is 0. The Morgan fingerprint density at radius 2 is 2.00 bits per heavy atom. The third-order valence-corrected chi connectivity index (χ3v) is 6.46. The van der Waals surface area contributed by atoms with Crippen LogP contribution in [0.3, 0.4) is 0 Å². The van der Waals surface area contributed by atoms with Crippen molar-refractivity contribution in [2.24, 2.45) is 0 Å². The van der Waals surface area contributed by atoms with Crippen LogP contribution >= 0.6 is 0 Å². The number of fused-ring (bicyclic) bond motifs is 3. The van der Waals surface area contributed by atoms with Crippen molar-refractivity contribution >= 4 is 9.84 Å². The molecule has 1 aliphatic heterocycles. The molecule has 3 unspecified atom stereocenters. The standard InChI is InChI=1S/C14H19NO2S/c1-10-8-9-18(16,17)13-7-6-11-4-2-3-5-12(11)14(13)15-10/h2-5,10,13-15H,6-9H2,1H3. The van der Waals surface area contributed by atoms with E-state index in [1.165, 1.54) is 11.1 Å². The molecule has 2 aliphatic rings. The first-order valence-electron chi connectivity index (χ1n) is 6.63. The number of aryl methyl sites for hydroxylation is 1. The number of hydrogen-bond acceptors (Lipinski definition) is 3. The zero-order valence-electron chi connectivity index (χ0n) is 10.6. The highest BCUT2D eigenvalue weighted by Gasteiger charge is 2.40. The third-order valence-electron chi connectivity index (χ3n) is 4.22. The van der Waals surface area contributed by atoms with Gasteiger partial charge in [-0.15, -0.1) is 0 Å². The van der Waals surface area contributed by atoms with Crippen LogP contribution in [0.4, 0.5) is 0 Å². The molecule has 1 aromatic rings. The molecule has 1 aliphatic carbocycles. The maximum Gasteiger partial charge on any atom is 0.155 e. The summed E-state index contributed by atoms with van der Waals surface area (Å²) < 4.78 is 24.7. The van der Waals surface area contributed by atoms with E-state index in [9.17, 15) is 8.42 Å². The molecule has 3 rings (SSSR count). The highest BCUT2D eigenvalue weighted by molar-refractivity contribution is 7.92. The summed E-state index contributed by atoms with van der Waals surface area (Å²) in [5.41, 5.74) is 2.49. The van der Waals surface area contributed by atoms with Gasteiger partial charge < -0.3 is 5.32 Å². The van der Waals surface area contributed by atoms with Crippen molar-refractivity contribution in [3.8, 4) is 0 Å². The van der Waals surface area contributed by atoms with E-state index in [1.54, 1.807) is 0 Å². The fourth-order valence-corrected chi connectivity index (χ4v) is 5.30. The summed E-state index contributed by atoms with van der Waals surface area (Å²) in [6, 6.07) is 8.49. The van der Waals surface area contributed by atoms with E-state index in [1.807, 2.05) is 12.1 Å². The highest BCUT2D eigenvalue weighted by Crippen LogP contribution is 2.36. The van der Waals surface area contributed by atoms with Crippen LogP contribution in [0.2, 0.25) is 0 Å². The van der Waals surface area contributed by atoms with Crippen LogP contribution in [0, 0.1) is 0 Å². The van der Waals surface area contributed by atoms with Gasteiger partial charge in [-0.2, -0.15) is 0 Å². The van der Waals surface area contributed by atoms with Crippen LogP contribution in [-0.2, 0) is 16.3 Å². The van der Waals surface area contributed by atoms with Gasteiger partial charge in [-0.1, -0.05) is 24.3 Å². The third kappa shape index (κ3) is 1.97. The lowest BCUT2D eigenvalue weighted by molar-refractivity contribution is 0.416. The molecule has 0 aromatic heterocycles. The van der Waals surface area contributed by atoms with Gasteiger partial charge in [-0.05, 0) is 37.3 Å². The van der Waals surface area contributed by atoms with E-state index >= 15 is 0 Å². The molecular formula is C14H19NO2S. The molecule has 0 amide bonds. The van der Waals surface area contributed by atoms with E-state index < -0.39 is 9.84 Å². The fourth-order valence-electron chi connectivity index (χ4n) is 3.20. The maximum absolute atomic E-state index is 12.4. The molecule has 0 spiro atoms. The Labute approximate surface area is 109 Å². The molecule has 3 atom stereocenters. The van der Waals surface area contributed by atoms with E-state index in [2.05, 4.69) is 24.4 Å². The quantitative estimate of drug-likeness (QED) is 0.778. The fraction of sp³-hybridized carbons (Fsp3) is 0.571. The topological polar surface area (TPSA) is 46.2 Å². The zero-order valence-corrected chi connectivity index (χ0v) is 11.4. The van der Waals surface area contributed by atoms with Gasteiger partial charge in [-0.25, -0.2) is 8.42 Å². The van der Waals surface area contributed by atoms with Gasteiger partial charge in [0.25, 0.3) is 0 Å².